The van der Waals surface area contributed by atoms with Crippen LogP contribution in [0.2, 0.25) is 0 Å². The highest BCUT2D eigenvalue weighted by molar-refractivity contribution is 6.04. The third kappa shape index (κ3) is 7.96. The zero-order chi connectivity index (χ0) is 34.1. The molecular formula is C34H60N4O8. The summed E-state index contributed by atoms with van der Waals surface area (Å²) in [6, 6.07) is -0.299. The lowest BCUT2D eigenvalue weighted by Gasteiger charge is -2.48. The van der Waals surface area contributed by atoms with E-state index in [-0.39, 0.29) is 48.3 Å². The van der Waals surface area contributed by atoms with Crippen LogP contribution in [0, 0.1) is 23.2 Å². The Labute approximate surface area is 276 Å². The van der Waals surface area contributed by atoms with Crippen LogP contribution >= 0.6 is 0 Å². The van der Waals surface area contributed by atoms with Gasteiger partial charge < -0.3 is 33.9 Å². The van der Waals surface area contributed by atoms with Crippen LogP contribution in [0.5, 0.6) is 0 Å². The molecule has 0 spiro atoms. The number of likely N-dealkylation sites (tertiary alicyclic amines) is 2. The van der Waals surface area contributed by atoms with E-state index in [0.29, 0.717) is 39.0 Å². The number of carbonyl (C=O) groups excluding carboxylic acids is 3. The topological polar surface area (TPSA) is 121 Å². The summed E-state index contributed by atoms with van der Waals surface area (Å²) in [5.41, 5.74) is -2.41. The Balaban J connectivity index is 1.58. The SMILES string of the molecule is CO[C@]1(C)C[C@@H](C)CN(C)C(C2CN(C(=O)CN3CCC3)C2)COC(=O)C(C)(C)C(=O)[C@H](C)[C@H]1O[C@@H]1O[C@H](C)C[C@H](N(C)C)[C@H]1O. The van der Waals surface area contributed by atoms with Gasteiger partial charge in [-0.1, -0.05) is 13.8 Å². The van der Waals surface area contributed by atoms with Crippen molar-refractivity contribution in [1.29, 1.82) is 0 Å². The third-order valence-electron chi connectivity index (χ3n) is 11.0. The molecule has 0 aromatic rings. The third-order valence-corrected chi connectivity index (χ3v) is 11.0. The van der Waals surface area contributed by atoms with Gasteiger partial charge in [-0.25, -0.2) is 0 Å². The number of methoxy groups -OCH3 is 1. The van der Waals surface area contributed by atoms with Crippen LogP contribution < -0.4 is 0 Å². The minimum Gasteiger partial charge on any atom is -0.463 e. The van der Waals surface area contributed by atoms with Gasteiger partial charge in [-0.2, -0.15) is 0 Å². The number of carbonyl (C=O) groups is 3. The van der Waals surface area contributed by atoms with Crippen molar-refractivity contribution in [3.63, 3.8) is 0 Å². The quantitative estimate of drug-likeness (QED) is 0.318. The molecule has 0 aliphatic carbocycles. The monoisotopic (exact) mass is 652 g/mol. The maximum absolute atomic E-state index is 14.2. The molecule has 4 aliphatic rings. The summed E-state index contributed by atoms with van der Waals surface area (Å²) < 4.78 is 24.9. The molecule has 0 saturated carbocycles. The van der Waals surface area contributed by atoms with Gasteiger partial charge in [-0.3, -0.25) is 24.2 Å². The molecular weight excluding hydrogens is 592 g/mol. The first-order valence-corrected chi connectivity index (χ1v) is 17.1. The standard InChI is InChI=1S/C34H60N4O8/c1-21-15-34(6,43-10)30(46-31-28(40)25(35(7)8)14-22(2)45-31)23(3)29(41)33(4,5)32(42)44-20-26(36(9)16-21)24-17-38(18-24)27(39)19-37-12-11-13-37/h21-26,28,30-31,40H,11-20H2,1-10H3/t21-,22-,23+,25+,26?,28-,30-,31+,34-/m1/s1. The van der Waals surface area contributed by atoms with E-state index in [4.69, 9.17) is 18.9 Å². The highest BCUT2D eigenvalue weighted by atomic mass is 16.7. The molecule has 1 N–H and O–H groups in total. The number of Topliss-reactive ketones (excluding diaryl/α,β-unsaturated/α-hetero) is 1. The van der Waals surface area contributed by atoms with Crippen LogP contribution in [-0.4, -0.2) is 159 Å². The van der Waals surface area contributed by atoms with Crippen molar-refractivity contribution in [1.82, 2.24) is 19.6 Å². The minimum absolute atomic E-state index is 0.102. The molecule has 0 aromatic carbocycles. The Morgan fingerprint density at radius 1 is 1.09 bits per heavy atom. The molecule has 4 heterocycles. The van der Waals surface area contributed by atoms with Gasteiger partial charge in [-0.05, 0) is 87.1 Å². The van der Waals surface area contributed by atoms with E-state index in [2.05, 4.69) is 16.7 Å². The number of aliphatic hydroxyl groups is 1. The Morgan fingerprint density at radius 2 is 1.74 bits per heavy atom. The van der Waals surface area contributed by atoms with Gasteiger partial charge in [-0.15, -0.1) is 0 Å². The zero-order valence-corrected chi connectivity index (χ0v) is 29.9. The average molecular weight is 653 g/mol. The zero-order valence-electron chi connectivity index (χ0n) is 29.9. The van der Waals surface area contributed by atoms with Gasteiger partial charge in [0.2, 0.25) is 5.91 Å². The summed E-state index contributed by atoms with van der Waals surface area (Å²) in [7, 11) is 7.48. The Bertz CT molecular complexity index is 1080. The summed E-state index contributed by atoms with van der Waals surface area (Å²) >= 11 is 0. The number of ether oxygens (including phenoxy) is 4. The summed E-state index contributed by atoms with van der Waals surface area (Å²) in [6.07, 6.45) is -0.578. The van der Waals surface area contributed by atoms with Crippen LogP contribution in [-0.2, 0) is 33.3 Å². The van der Waals surface area contributed by atoms with E-state index >= 15 is 0 Å². The second kappa shape index (κ2) is 14.8. The maximum Gasteiger partial charge on any atom is 0.319 e. The molecule has 12 heteroatoms. The van der Waals surface area contributed by atoms with E-state index in [0.717, 1.165) is 19.5 Å². The van der Waals surface area contributed by atoms with Crippen molar-refractivity contribution >= 4 is 17.7 Å². The van der Waals surface area contributed by atoms with Crippen molar-refractivity contribution in [3.05, 3.63) is 0 Å². The van der Waals surface area contributed by atoms with E-state index in [1.54, 1.807) is 27.9 Å². The second-order valence-electron chi connectivity index (χ2n) is 15.5. The van der Waals surface area contributed by atoms with Crippen LogP contribution in [0.25, 0.3) is 0 Å². The fourth-order valence-electron chi connectivity index (χ4n) is 7.85. The summed E-state index contributed by atoms with van der Waals surface area (Å²) in [5.74, 6) is -1.29. The molecule has 264 valence electrons. The van der Waals surface area contributed by atoms with Crippen molar-refractivity contribution in [2.75, 3.05) is 74.1 Å². The molecule has 0 bridgehead atoms. The Kier molecular flexibility index (Phi) is 12.0. The normalized spacial score (nSPS) is 39.1. The highest BCUT2D eigenvalue weighted by Gasteiger charge is 2.52. The molecule has 4 saturated heterocycles. The number of nitrogens with zero attached hydrogens (tertiary/aromatic N) is 4. The molecule has 9 atom stereocenters. The van der Waals surface area contributed by atoms with Gasteiger partial charge in [0.15, 0.2) is 12.1 Å². The van der Waals surface area contributed by atoms with Gasteiger partial charge in [0, 0.05) is 50.7 Å². The van der Waals surface area contributed by atoms with Gasteiger partial charge in [0.25, 0.3) is 0 Å². The number of rotatable bonds is 7. The lowest BCUT2D eigenvalue weighted by Crippen LogP contribution is -2.61. The van der Waals surface area contributed by atoms with E-state index in [9.17, 15) is 19.5 Å². The van der Waals surface area contributed by atoms with Crippen LogP contribution in [0.3, 0.4) is 0 Å². The highest BCUT2D eigenvalue weighted by Crippen LogP contribution is 2.38. The summed E-state index contributed by atoms with van der Waals surface area (Å²) in [5, 5.41) is 11.3. The number of hydrogen-bond donors (Lipinski definition) is 1. The van der Waals surface area contributed by atoms with Crippen molar-refractivity contribution in [2.45, 2.75) is 103 Å². The number of aliphatic hydroxyl groups excluding tert-OH is 1. The molecule has 1 unspecified atom stereocenters. The van der Waals surface area contributed by atoms with Crippen molar-refractivity contribution < 1.29 is 38.4 Å². The maximum atomic E-state index is 14.2. The molecule has 12 nitrogen and oxygen atoms in total. The predicted octanol–water partition coefficient (Wildman–Crippen LogP) is 1.48. The van der Waals surface area contributed by atoms with Crippen molar-refractivity contribution in [2.24, 2.45) is 23.2 Å². The molecule has 4 rings (SSSR count). The molecule has 1 amide bonds. The number of amides is 1. The Hall–Kier alpha value is -1.67. The van der Waals surface area contributed by atoms with Gasteiger partial charge in [0.1, 0.15) is 18.1 Å². The molecule has 46 heavy (non-hydrogen) atoms. The Morgan fingerprint density at radius 3 is 2.30 bits per heavy atom. The van der Waals surface area contributed by atoms with E-state index < -0.39 is 41.4 Å². The molecule has 0 radical (unpaired) electrons. The predicted molar refractivity (Wildman–Crippen MR) is 173 cm³/mol. The fourth-order valence-corrected chi connectivity index (χ4v) is 7.85. The minimum atomic E-state index is -1.46. The number of likely N-dealkylation sites (N-methyl/N-ethyl adjacent to an activating group) is 2. The number of cyclic esters (lactones) is 1. The smallest absolute Gasteiger partial charge is 0.319 e. The van der Waals surface area contributed by atoms with Crippen molar-refractivity contribution in [3.8, 4) is 0 Å². The van der Waals surface area contributed by atoms with E-state index in [1.807, 2.05) is 44.8 Å². The molecule has 0 aromatic heterocycles. The first-order chi connectivity index (χ1) is 21.5. The van der Waals surface area contributed by atoms with Crippen LogP contribution in [0.15, 0.2) is 0 Å². The van der Waals surface area contributed by atoms with Crippen LogP contribution in [0.1, 0.15) is 60.8 Å². The van der Waals surface area contributed by atoms with Gasteiger partial charge in [0.05, 0.1) is 24.4 Å². The van der Waals surface area contributed by atoms with Gasteiger partial charge >= 0.3 is 5.97 Å². The summed E-state index contributed by atoms with van der Waals surface area (Å²) in [6.45, 7) is 15.5. The number of hydrogen-bond acceptors (Lipinski definition) is 11. The average Bonchev–Trinajstić information content (AvgIpc) is 2.94. The first-order valence-electron chi connectivity index (χ1n) is 17.1. The van der Waals surface area contributed by atoms with Crippen LogP contribution in [0.4, 0.5) is 0 Å². The molecule has 4 aliphatic heterocycles. The lowest BCUT2D eigenvalue weighted by atomic mass is 9.74. The largest absolute Gasteiger partial charge is 0.463 e. The second-order valence-corrected chi connectivity index (χ2v) is 15.5. The molecule has 4 fully saturated rings. The number of esters is 1. The lowest BCUT2D eigenvalue weighted by molar-refractivity contribution is -0.295. The fraction of sp³-hybridized carbons (Fsp3) is 0.912. The summed E-state index contributed by atoms with van der Waals surface area (Å²) in [4.78, 5) is 48.9. The first kappa shape index (κ1) is 37.2. The van der Waals surface area contributed by atoms with E-state index in [1.165, 1.54) is 0 Å². The number of ketones is 1.